The monoisotopic (exact) mass is 530 g/mol. The summed E-state index contributed by atoms with van der Waals surface area (Å²) < 4.78 is 50.7. The fraction of sp³-hybridized carbons (Fsp3) is 0.240. The highest BCUT2D eigenvalue weighted by molar-refractivity contribution is 7.89. The van der Waals surface area contributed by atoms with Gasteiger partial charge in [0, 0.05) is 10.7 Å². The lowest BCUT2D eigenvalue weighted by atomic mass is 10.1. The molecule has 3 aromatic carbocycles. The number of rotatable bonds is 7. The van der Waals surface area contributed by atoms with Crippen LogP contribution in [-0.2, 0) is 24.2 Å². The van der Waals surface area contributed by atoms with E-state index in [4.69, 9.17) is 30.5 Å². The van der Waals surface area contributed by atoms with Crippen LogP contribution in [0.2, 0.25) is 5.02 Å². The summed E-state index contributed by atoms with van der Waals surface area (Å²) >= 11 is 5.84. The van der Waals surface area contributed by atoms with Crippen molar-refractivity contribution < 1.29 is 32.2 Å². The van der Waals surface area contributed by atoms with Crippen molar-refractivity contribution in [2.75, 3.05) is 18.5 Å². The number of sulfonamides is 1. The maximum atomic E-state index is 12.7. The zero-order chi connectivity index (χ0) is 25.1. The molecule has 1 amide bonds. The normalized spacial score (nSPS) is 23.1. The molecule has 9 nitrogen and oxygen atoms in total. The minimum atomic E-state index is -3.80. The van der Waals surface area contributed by atoms with Gasteiger partial charge in [-0.3, -0.25) is 5.32 Å². The fourth-order valence-electron chi connectivity index (χ4n) is 4.06. The van der Waals surface area contributed by atoms with Crippen molar-refractivity contribution in [3.8, 4) is 11.5 Å². The molecule has 11 heteroatoms. The van der Waals surface area contributed by atoms with Gasteiger partial charge in [-0.25, -0.2) is 17.9 Å². The quantitative estimate of drug-likeness (QED) is 0.471. The van der Waals surface area contributed by atoms with Crippen molar-refractivity contribution >= 4 is 33.4 Å². The number of amides is 1. The van der Waals surface area contributed by atoms with Gasteiger partial charge in [0.1, 0.15) is 23.7 Å². The van der Waals surface area contributed by atoms with Crippen LogP contribution >= 0.6 is 11.6 Å². The second-order valence-corrected chi connectivity index (χ2v) is 10.4. The van der Waals surface area contributed by atoms with Gasteiger partial charge in [-0.1, -0.05) is 29.8 Å². The molecule has 2 aliphatic heterocycles. The number of anilines is 1. The highest BCUT2D eigenvalue weighted by atomic mass is 35.5. The number of fused-ring (bicyclic) bond motifs is 1. The third-order valence-corrected chi connectivity index (χ3v) is 7.53. The predicted molar refractivity (Wildman–Crippen MR) is 132 cm³/mol. The van der Waals surface area contributed by atoms with E-state index in [1.54, 1.807) is 24.3 Å². The smallest absolute Gasteiger partial charge is 0.412 e. The van der Waals surface area contributed by atoms with Crippen LogP contribution in [0.15, 0.2) is 83.8 Å². The molecule has 5 rings (SSSR count). The van der Waals surface area contributed by atoms with E-state index in [2.05, 4.69) is 10.0 Å². The first-order valence-corrected chi connectivity index (χ1v) is 13.1. The van der Waals surface area contributed by atoms with E-state index in [1.807, 2.05) is 30.3 Å². The minimum Gasteiger partial charge on any atom is -0.457 e. The molecule has 0 spiro atoms. The maximum absolute atomic E-state index is 12.7. The molecule has 0 aromatic heterocycles. The molecule has 188 valence electrons. The standard InChI is InChI=1S/C25H23ClN2O7S/c26-16-6-12-20(13-7-16)36(30,31)28-21-14-32-24-22(15-33-23(21)24)35-25(29)27-17-8-10-19(11-9-17)34-18-4-2-1-3-5-18/h1-13,21-24,28H,14-15H2,(H,27,29)/t21-,22+,23+,24+/m0/s1. The van der Waals surface area contributed by atoms with Gasteiger partial charge in [0.05, 0.1) is 24.2 Å². The van der Waals surface area contributed by atoms with E-state index < -0.39 is 40.5 Å². The SMILES string of the molecule is O=C(Nc1ccc(Oc2ccccc2)cc1)O[C@@H]1CO[C@H]2[C@@H]1OC[C@@H]2NS(=O)(=O)c1ccc(Cl)cc1. The van der Waals surface area contributed by atoms with Gasteiger partial charge < -0.3 is 18.9 Å². The molecule has 2 saturated heterocycles. The van der Waals surface area contributed by atoms with Crippen LogP contribution in [0.4, 0.5) is 10.5 Å². The molecule has 0 radical (unpaired) electrons. The molecular formula is C25H23ClN2O7S. The first kappa shape index (κ1) is 24.5. The molecule has 2 aliphatic rings. The zero-order valence-electron chi connectivity index (χ0n) is 18.9. The van der Waals surface area contributed by atoms with Gasteiger partial charge in [0.2, 0.25) is 10.0 Å². The Morgan fingerprint density at radius 3 is 2.25 bits per heavy atom. The minimum absolute atomic E-state index is 0.0840. The Kier molecular flexibility index (Phi) is 7.13. The third-order valence-electron chi connectivity index (χ3n) is 5.78. The van der Waals surface area contributed by atoms with Crippen LogP contribution in [0.5, 0.6) is 11.5 Å². The Bertz CT molecular complexity index is 1300. The van der Waals surface area contributed by atoms with Gasteiger partial charge in [0.15, 0.2) is 6.10 Å². The lowest BCUT2D eigenvalue weighted by Crippen LogP contribution is -2.44. The van der Waals surface area contributed by atoms with Crippen LogP contribution in [-0.4, -0.2) is 52.1 Å². The molecule has 0 saturated carbocycles. The van der Waals surface area contributed by atoms with E-state index in [1.165, 1.54) is 24.3 Å². The second kappa shape index (κ2) is 10.5. The van der Waals surface area contributed by atoms with Crippen LogP contribution in [0.3, 0.4) is 0 Å². The van der Waals surface area contributed by atoms with E-state index in [0.29, 0.717) is 22.2 Å². The molecule has 0 aliphatic carbocycles. The van der Waals surface area contributed by atoms with Crippen molar-refractivity contribution in [1.29, 1.82) is 0 Å². The lowest BCUT2D eigenvalue weighted by molar-refractivity contribution is 0.00883. The number of halogens is 1. The summed E-state index contributed by atoms with van der Waals surface area (Å²) in [5.74, 6) is 1.33. The maximum Gasteiger partial charge on any atom is 0.412 e. The molecule has 36 heavy (non-hydrogen) atoms. The number of hydrogen-bond donors (Lipinski definition) is 2. The van der Waals surface area contributed by atoms with Gasteiger partial charge in [0.25, 0.3) is 0 Å². The average Bonchev–Trinajstić information content (AvgIpc) is 3.44. The summed E-state index contributed by atoms with van der Waals surface area (Å²) in [5, 5.41) is 3.10. The highest BCUT2D eigenvalue weighted by Crippen LogP contribution is 2.30. The summed E-state index contributed by atoms with van der Waals surface area (Å²) in [5.41, 5.74) is 0.525. The summed E-state index contributed by atoms with van der Waals surface area (Å²) in [7, 11) is -3.80. The summed E-state index contributed by atoms with van der Waals surface area (Å²) in [6.07, 6.45) is -2.52. The predicted octanol–water partition coefficient (Wildman–Crippen LogP) is 4.19. The topological polar surface area (TPSA) is 112 Å². The van der Waals surface area contributed by atoms with E-state index in [9.17, 15) is 13.2 Å². The number of carbonyl (C=O) groups is 1. The third kappa shape index (κ3) is 5.63. The Hall–Kier alpha value is -3.15. The largest absolute Gasteiger partial charge is 0.457 e. The van der Waals surface area contributed by atoms with Gasteiger partial charge >= 0.3 is 6.09 Å². The van der Waals surface area contributed by atoms with Gasteiger partial charge in [-0.2, -0.15) is 0 Å². The molecule has 0 unspecified atom stereocenters. The number of benzene rings is 3. The summed E-state index contributed by atoms with van der Waals surface area (Å²) in [4.78, 5) is 12.5. The van der Waals surface area contributed by atoms with E-state index in [-0.39, 0.29) is 18.1 Å². The van der Waals surface area contributed by atoms with E-state index >= 15 is 0 Å². The molecule has 2 heterocycles. The molecule has 3 aromatic rings. The Labute approximate surface area is 213 Å². The zero-order valence-corrected chi connectivity index (χ0v) is 20.4. The number of para-hydroxylation sites is 1. The Morgan fingerprint density at radius 1 is 0.861 bits per heavy atom. The van der Waals surface area contributed by atoms with Crippen molar-refractivity contribution in [2.24, 2.45) is 0 Å². The second-order valence-electron chi connectivity index (χ2n) is 8.29. The number of nitrogens with one attached hydrogen (secondary N) is 2. The molecule has 2 N–H and O–H groups in total. The first-order valence-electron chi connectivity index (χ1n) is 11.2. The Balaban J connectivity index is 1.14. The van der Waals surface area contributed by atoms with Crippen LogP contribution in [0.1, 0.15) is 0 Å². The lowest BCUT2D eigenvalue weighted by Gasteiger charge is -2.18. The van der Waals surface area contributed by atoms with Crippen LogP contribution in [0.25, 0.3) is 0 Å². The van der Waals surface area contributed by atoms with Crippen molar-refractivity contribution in [2.45, 2.75) is 29.2 Å². The Morgan fingerprint density at radius 2 is 1.53 bits per heavy atom. The van der Waals surface area contributed by atoms with E-state index in [0.717, 1.165) is 0 Å². The molecule has 0 bridgehead atoms. The summed E-state index contributed by atoms with van der Waals surface area (Å²) in [6.45, 7) is 0.179. The van der Waals surface area contributed by atoms with Crippen molar-refractivity contribution in [3.05, 3.63) is 83.9 Å². The highest BCUT2D eigenvalue weighted by Gasteiger charge is 2.50. The molecule has 2 fully saturated rings. The van der Waals surface area contributed by atoms with Crippen LogP contribution in [0, 0.1) is 0 Å². The van der Waals surface area contributed by atoms with Crippen LogP contribution < -0.4 is 14.8 Å². The number of carbonyl (C=O) groups excluding carboxylic acids is 1. The first-order chi connectivity index (χ1) is 17.4. The average molecular weight is 531 g/mol. The van der Waals surface area contributed by atoms with Gasteiger partial charge in [-0.05, 0) is 60.7 Å². The number of ether oxygens (including phenoxy) is 4. The number of hydrogen-bond acceptors (Lipinski definition) is 7. The molecular weight excluding hydrogens is 508 g/mol. The van der Waals surface area contributed by atoms with Crippen molar-refractivity contribution in [3.63, 3.8) is 0 Å². The fourth-order valence-corrected chi connectivity index (χ4v) is 5.42. The summed E-state index contributed by atoms with van der Waals surface area (Å²) in [6, 6.07) is 21.4. The molecule has 4 atom stereocenters. The van der Waals surface area contributed by atoms with Crippen molar-refractivity contribution in [1.82, 2.24) is 4.72 Å². The van der Waals surface area contributed by atoms with Gasteiger partial charge in [-0.15, -0.1) is 0 Å².